The lowest BCUT2D eigenvalue weighted by molar-refractivity contribution is 0.432. The van der Waals surface area contributed by atoms with Gasteiger partial charge in [0.15, 0.2) is 8.68 Å². The summed E-state index contributed by atoms with van der Waals surface area (Å²) >= 11 is 6.83. The van der Waals surface area contributed by atoms with Gasteiger partial charge in [0.1, 0.15) is 0 Å². The minimum absolute atomic E-state index is 0.238. The number of thiazole rings is 1. The number of halogens is 1. The van der Waals surface area contributed by atoms with Crippen molar-refractivity contribution >= 4 is 33.0 Å². The Hall–Kier alpha value is -0.950. The molecule has 21 heavy (non-hydrogen) atoms. The Morgan fingerprint density at radius 1 is 1.29 bits per heavy atom. The number of likely N-dealkylation sites (N-methyl/N-ethyl adjacent to an activating group) is 1. The van der Waals surface area contributed by atoms with Crippen LogP contribution in [0.1, 0.15) is 18.2 Å². The summed E-state index contributed by atoms with van der Waals surface area (Å²) < 4.78 is 27.3. The van der Waals surface area contributed by atoms with Crippen molar-refractivity contribution in [1.29, 1.82) is 0 Å². The Labute approximate surface area is 134 Å². The normalized spacial score (nSPS) is 12.0. The van der Waals surface area contributed by atoms with Crippen LogP contribution >= 0.6 is 22.9 Å². The highest BCUT2D eigenvalue weighted by Crippen LogP contribution is 2.29. The fraction of sp³-hybridized carbons (Fsp3) is 0.357. The highest BCUT2D eigenvalue weighted by atomic mass is 35.5. The van der Waals surface area contributed by atoms with E-state index in [1.54, 1.807) is 6.92 Å². The number of hydrogen-bond acceptors (Lipinski definition) is 4. The average molecular weight is 345 g/mol. The summed E-state index contributed by atoms with van der Waals surface area (Å²) in [7, 11) is -3.53. The van der Waals surface area contributed by atoms with Crippen LogP contribution in [0.5, 0.6) is 0 Å². The zero-order valence-electron chi connectivity index (χ0n) is 11.9. The maximum absolute atomic E-state index is 12.7. The molecule has 0 aliphatic rings. The van der Waals surface area contributed by atoms with Crippen LogP contribution in [-0.4, -0.2) is 30.8 Å². The van der Waals surface area contributed by atoms with Crippen LogP contribution in [0.25, 0.3) is 0 Å². The van der Waals surface area contributed by atoms with Gasteiger partial charge < -0.3 is 0 Å². The molecular weight excluding hydrogens is 328 g/mol. The van der Waals surface area contributed by atoms with Crippen LogP contribution in [-0.2, 0) is 16.4 Å². The number of nitrogens with zero attached hydrogens (tertiary/aromatic N) is 2. The SMILES string of the molecule is CCN(CCc1ccccc1)S(=O)(=O)c1sc(Cl)nc1C. The minimum Gasteiger partial charge on any atom is -0.229 e. The Morgan fingerprint density at radius 2 is 1.95 bits per heavy atom. The van der Waals surface area contributed by atoms with Gasteiger partial charge in [-0.05, 0) is 18.9 Å². The van der Waals surface area contributed by atoms with Crippen LogP contribution in [0.15, 0.2) is 34.5 Å². The van der Waals surface area contributed by atoms with Gasteiger partial charge in [-0.1, -0.05) is 60.2 Å². The first kappa shape index (κ1) is 16.4. The van der Waals surface area contributed by atoms with Gasteiger partial charge in [0.25, 0.3) is 10.0 Å². The summed E-state index contributed by atoms with van der Waals surface area (Å²) in [5.41, 5.74) is 1.58. The second-order valence-electron chi connectivity index (χ2n) is 4.57. The molecule has 1 aromatic carbocycles. The standard InChI is InChI=1S/C14H17ClN2O2S2/c1-3-17(10-9-12-7-5-4-6-8-12)21(18,19)13-11(2)16-14(15)20-13/h4-8H,3,9-10H2,1-2H3. The molecule has 0 radical (unpaired) electrons. The molecule has 0 aliphatic carbocycles. The van der Waals surface area contributed by atoms with E-state index in [0.717, 1.165) is 16.9 Å². The molecule has 0 saturated heterocycles. The molecule has 0 amide bonds. The molecule has 1 heterocycles. The molecule has 2 aromatic rings. The molecule has 0 unspecified atom stereocenters. The van der Waals surface area contributed by atoms with E-state index in [-0.39, 0.29) is 8.68 Å². The monoisotopic (exact) mass is 344 g/mol. The van der Waals surface area contributed by atoms with Gasteiger partial charge in [-0.15, -0.1) is 0 Å². The molecule has 0 atom stereocenters. The van der Waals surface area contributed by atoms with Crippen LogP contribution in [0.4, 0.5) is 0 Å². The van der Waals surface area contributed by atoms with E-state index < -0.39 is 10.0 Å². The highest BCUT2D eigenvalue weighted by molar-refractivity contribution is 7.91. The van der Waals surface area contributed by atoms with Gasteiger partial charge in [0.05, 0.1) is 5.69 Å². The van der Waals surface area contributed by atoms with E-state index in [1.807, 2.05) is 37.3 Å². The Morgan fingerprint density at radius 3 is 2.48 bits per heavy atom. The summed E-state index contributed by atoms with van der Waals surface area (Å²) in [4.78, 5) is 3.99. The second-order valence-corrected chi connectivity index (χ2v) is 8.29. The number of benzene rings is 1. The molecule has 2 rings (SSSR count). The van der Waals surface area contributed by atoms with Crippen molar-refractivity contribution in [3.63, 3.8) is 0 Å². The largest absolute Gasteiger partial charge is 0.254 e. The van der Waals surface area contributed by atoms with E-state index in [9.17, 15) is 8.42 Å². The molecule has 0 aliphatic heterocycles. The molecule has 1 aromatic heterocycles. The quantitative estimate of drug-likeness (QED) is 0.807. The molecule has 4 nitrogen and oxygen atoms in total. The van der Waals surface area contributed by atoms with Crippen LogP contribution in [0.2, 0.25) is 4.47 Å². The van der Waals surface area contributed by atoms with Crippen LogP contribution < -0.4 is 0 Å². The molecule has 0 spiro atoms. The highest BCUT2D eigenvalue weighted by Gasteiger charge is 2.27. The van der Waals surface area contributed by atoms with Crippen molar-refractivity contribution in [3.05, 3.63) is 46.1 Å². The van der Waals surface area contributed by atoms with E-state index in [1.165, 1.54) is 4.31 Å². The third kappa shape index (κ3) is 3.83. The summed E-state index contributed by atoms with van der Waals surface area (Å²) in [6, 6.07) is 9.84. The van der Waals surface area contributed by atoms with E-state index >= 15 is 0 Å². The molecule has 0 N–H and O–H groups in total. The van der Waals surface area contributed by atoms with Crippen molar-refractivity contribution < 1.29 is 8.42 Å². The number of hydrogen-bond donors (Lipinski definition) is 0. The molecule has 0 saturated carbocycles. The van der Waals surface area contributed by atoms with Gasteiger partial charge in [-0.2, -0.15) is 4.31 Å². The second kappa shape index (κ2) is 6.87. The zero-order valence-corrected chi connectivity index (χ0v) is 14.3. The number of aryl methyl sites for hydroxylation is 1. The molecule has 7 heteroatoms. The van der Waals surface area contributed by atoms with E-state index in [0.29, 0.717) is 25.2 Å². The Bertz CT molecular complexity index is 699. The summed E-state index contributed by atoms with van der Waals surface area (Å²) in [5, 5.41) is 0. The first-order valence-corrected chi connectivity index (χ1v) is 9.25. The van der Waals surface area contributed by atoms with Crippen molar-refractivity contribution in [3.8, 4) is 0 Å². The summed E-state index contributed by atoms with van der Waals surface area (Å²) in [5.74, 6) is 0. The molecule has 114 valence electrons. The first-order chi connectivity index (χ1) is 9.95. The maximum Gasteiger partial charge on any atom is 0.254 e. The molecule has 0 fully saturated rings. The van der Waals surface area contributed by atoms with Crippen molar-refractivity contribution in [2.45, 2.75) is 24.5 Å². The molecule has 0 bridgehead atoms. The Kier molecular flexibility index (Phi) is 5.37. The van der Waals surface area contributed by atoms with Crippen molar-refractivity contribution in [2.24, 2.45) is 0 Å². The maximum atomic E-state index is 12.7. The lowest BCUT2D eigenvalue weighted by atomic mass is 10.1. The topological polar surface area (TPSA) is 50.3 Å². The van der Waals surface area contributed by atoms with E-state index in [2.05, 4.69) is 4.98 Å². The predicted molar refractivity (Wildman–Crippen MR) is 86.4 cm³/mol. The number of aromatic nitrogens is 1. The van der Waals surface area contributed by atoms with E-state index in [4.69, 9.17) is 11.6 Å². The predicted octanol–water partition coefficient (Wildman–Crippen LogP) is 3.36. The fourth-order valence-electron chi connectivity index (χ4n) is 2.05. The number of rotatable bonds is 6. The minimum atomic E-state index is -3.53. The van der Waals surface area contributed by atoms with Crippen LogP contribution in [0, 0.1) is 6.92 Å². The lowest BCUT2D eigenvalue weighted by Gasteiger charge is -2.19. The smallest absolute Gasteiger partial charge is 0.229 e. The van der Waals surface area contributed by atoms with Gasteiger partial charge in [-0.3, -0.25) is 0 Å². The lowest BCUT2D eigenvalue weighted by Crippen LogP contribution is -2.32. The van der Waals surface area contributed by atoms with Crippen LogP contribution in [0.3, 0.4) is 0 Å². The zero-order chi connectivity index (χ0) is 15.5. The van der Waals surface area contributed by atoms with Gasteiger partial charge in [0, 0.05) is 13.1 Å². The first-order valence-electron chi connectivity index (χ1n) is 6.62. The third-order valence-corrected chi connectivity index (χ3v) is 6.97. The molecular formula is C14H17ClN2O2S2. The third-order valence-electron chi connectivity index (χ3n) is 3.15. The Balaban J connectivity index is 2.18. The van der Waals surface area contributed by atoms with Gasteiger partial charge in [0.2, 0.25) is 0 Å². The summed E-state index contributed by atoms with van der Waals surface area (Å²) in [6.07, 6.45) is 0.680. The van der Waals surface area contributed by atoms with Crippen molar-refractivity contribution in [2.75, 3.05) is 13.1 Å². The average Bonchev–Trinajstić information content (AvgIpc) is 2.80. The van der Waals surface area contributed by atoms with Gasteiger partial charge in [-0.25, -0.2) is 13.4 Å². The number of sulfonamides is 1. The fourth-order valence-corrected chi connectivity index (χ4v) is 5.38. The summed E-state index contributed by atoms with van der Waals surface area (Å²) in [6.45, 7) is 4.36. The van der Waals surface area contributed by atoms with Crippen molar-refractivity contribution in [1.82, 2.24) is 9.29 Å². The van der Waals surface area contributed by atoms with Gasteiger partial charge >= 0.3 is 0 Å².